The zero-order chi connectivity index (χ0) is 72.3. The minimum Gasteiger partial charge on any atom is -0.462 e. The highest BCUT2D eigenvalue weighted by Gasteiger charge is 2.77. The van der Waals surface area contributed by atoms with Crippen LogP contribution in [0.15, 0.2) is 201 Å². The van der Waals surface area contributed by atoms with E-state index in [1.54, 1.807) is 13.8 Å². The molecule has 2 saturated heterocycles. The molecule has 0 aromatic heterocycles. The number of hydrogen-bond donors (Lipinski definition) is 4. The first-order valence-corrected chi connectivity index (χ1v) is 34.3. The molecule has 0 spiro atoms. The maximum absolute atomic E-state index is 13.1. The summed E-state index contributed by atoms with van der Waals surface area (Å²) in [5.41, 5.74) is 10.7. The van der Waals surface area contributed by atoms with Crippen molar-refractivity contribution >= 4 is 23.5 Å². The molecule has 524 valence electrons. The van der Waals surface area contributed by atoms with Crippen molar-refractivity contribution in [2.75, 3.05) is 0 Å². The predicted octanol–water partition coefficient (Wildman–Crippen LogP) is 17.4. The maximum Gasteiger partial charge on any atom is 0.302 e. The van der Waals surface area contributed by atoms with E-state index < -0.39 is 33.6 Å². The van der Waals surface area contributed by atoms with Gasteiger partial charge in [-0.1, -0.05) is 199 Å². The molecular formula is C84H116O12. The van der Waals surface area contributed by atoms with Crippen LogP contribution in [0.3, 0.4) is 0 Å². The van der Waals surface area contributed by atoms with Crippen LogP contribution in [0.5, 0.6) is 0 Å². The van der Waals surface area contributed by atoms with Crippen LogP contribution >= 0.6 is 0 Å². The standard InChI is InChI=1S/2C42H58O6/c2*1-29(18-14-19-31(3)22-23-37-38(6,7)26-35(47-33(5)43)27-40(37,10)46)16-12-13-17-30(2)20-15-21-32(4)36(45)28-42-39(8,9)24-34(44)25-41(42,11)48-42/h2*12-22,34-35,44,46H,24-28H2,1-11H3/b2*13-12+,18-14+,20-15+,29-16+,30-17+,31-19+,32-21+/t2*23?,34-,35-,40+,41+,42-/m00/s1. The molecule has 12 nitrogen and oxygen atoms in total. The van der Waals surface area contributed by atoms with Gasteiger partial charge in [-0.05, 0) is 165 Å². The minimum absolute atomic E-state index is 0.0816. The highest BCUT2D eigenvalue weighted by atomic mass is 16.6. The highest BCUT2D eigenvalue weighted by Crippen LogP contribution is 2.68. The van der Waals surface area contributed by atoms with Gasteiger partial charge < -0.3 is 39.4 Å². The second kappa shape index (κ2) is 32.0. The zero-order valence-electron chi connectivity index (χ0n) is 62.1. The number of carbonyl (C=O) groups is 4. The monoisotopic (exact) mass is 1320 g/mol. The minimum atomic E-state index is -1.11. The van der Waals surface area contributed by atoms with E-state index in [4.69, 9.17) is 18.9 Å². The van der Waals surface area contributed by atoms with Gasteiger partial charge in [0.2, 0.25) is 0 Å². The number of aliphatic hydroxyl groups excluding tert-OH is 2. The van der Waals surface area contributed by atoms with Crippen LogP contribution in [-0.2, 0) is 38.1 Å². The summed E-state index contributed by atoms with van der Waals surface area (Å²) in [4.78, 5) is 49.1. The van der Waals surface area contributed by atoms with Crippen LogP contribution in [0.25, 0.3) is 0 Å². The van der Waals surface area contributed by atoms with Gasteiger partial charge in [-0.2, -0.15) is 0 Å². The van der Waals surface area contributed by atoms with E-state index in [2.05, 4.69) is 39.2 Å². The average molecular weight is 1320 g/mol. The number of fused-ring (bicyclic) bond motifs is 2. The fourth-order valence-electron chi connectivity index (χ4n) is 15.5. The molecular weight excluding hydrogens is 1200 g/mol. The number of aliphatic hydroxyl groups is 4. The molecule has 6 aliphatic rings. The van der Waals surface area contributed by atoms with Crippen LogP contribution in [0.4, 0.5) is 0 Å². The summed E-state index contributed by atoms with van der Waals surface area (Å²) >= 11 is 0. The molecule has 0 aromatic carbocycles. The molecule has 0 radical (unpaired) electrons. The first kappa shape index (κ1) is 80.1. The smallest absolute Gasteiger partial charge is 0.302 e. The highest BCUT2D eigenvalue weighted by molar-refractivity contribution is 5.97. The number of esters is 2. The third-order valence-corrected chi connectivity index (χ3v) is 20.3. The average Bonchev–Trinajstić information content (AvgIpc) is 1.51. The number of hydrogen-bond acceptors (Lipinski definition) is 12. The van der Waals surface area contributed by atoms with E-state index in [1.807, 2.05) is 231 Å². The molecule has 10 atom stereocenters. The van der Waals surface area contributed by atoms with Gasteiger partial charge >= 0.3 is 11.9 Å². The van der Waals surface area contributed by atoms with E-state index in [0.29, 0.717) is 75.4 Å². The van der Waals surface area contributed by atoms with Crippen molar-refractivity contribution < 1.29 is 58.6 Å². The number of rotatable bonds is 22. The first-order chi connectivity index (χ1) is 44.3. The SMILES string of the molecule is CC(=O)O[C@H]1CC(C)(C)C(=C=C/C(C)=C/C=C/C(C)=C/C=C/C=C(C)/C=C/C=C(\C)C(=O)C[C@@]23O[C@]2(C)C[C@@H](O)CC3(C)C)[C@](C)(O)C1.CC(=O)O[C@H]1CC(C)(C)C(=C=C/C(C)=C/C=C/C(C)=C/C=C/C=C(C)/C=C/C=C(\C)C(=O)C[C@@]23O[C@]2(C)C[C@@H](O)CC3(C)C)[C@](C)(O)C1. The van der Waals surface area contributed by atoms with E-state index >= 15 is 0 Å². The Kier molecular flexibility index (Phi) is 26.7. The molecule has 0 aromatic rings. The Labute approximate surface area is 576 Å². The van der Waals surface area contributed by atoms with Gasteiger partial charge in [0.15, 0.2) is 11.6 Å². The van der Waals surface area contributed by atoms with Crippen molar-refractivity contribution in [3.05, 3.63) is 201 Å². The quantitative estimate of drug-likeness (QED) is 0.0264. The Hall–Kier alpha value is -6.56. The van der Waals surface area contributed by atoms with E-state index in [9.17, 15) is 39.6 Å². The number of allylic oxidation sites excluding steroid dienone is 28. The molecule has 4 saturated carbocycles. The fraction of sp³-hybridized carbons (Fsp3) is 0.548. The Balaban J connectivity index is 0.000000347. The van der Waals surface area contributed by atoms with Gasteiger partial charge in [0.05, 0.1) is 34.6 Å². The Morgan fingerprint density at radius 2 is 0.688 bits per heavy atom. The van der Waals surface area contributed by atoms with E-state index in [0.717, 1.165) is 44.6 Å². The summed E-state index contributed by atoms with van der Waals surface area (Å²) < 4.78 is 23.2. The van der Waals surface area contributed by atoms with Crippen LogP contribution in [0.1, 0.15) is 217 Å². The molecule has 96 heavy (non-hydrogen) atoms. The Bertz CT molecular complexity index is 3250. The molecule has 12 heteroatoms. The van der Waals surface area contributed by atoms with Gasteiger partial charge in [-0.3, -0.25) is 19.2 Å². The van der Waals surface area contributed by atoms with Gasteiger partial charge in [-0.15, -0.1) is 11.5 Å². The fourth-order valence-corrected chi connectivity index (χ4v) is 15.5. The molecule has 2 heterocycles. The summed E-state index contributed by atoms with van der Waals surface area (Å²) in [5.74, 6) is -0.489. The summed E-state index contributed by atoms with van der Waals surface area (Å²) in [5, 5.41) is 42.8. The topological polar surface area (TPSA) is 193 Å². The van der Waals surface area contributed by atoms with Crippen molar-refractivity contribution in [3.63, 3.8) is 0 Å². The van der Waals surface area contributed by atoms with E-state index in [-0.39, 0.29) is 69.6 Å². The van der Waals surface area contributed by atoms with Crippen molar-refractivity contribution in [3.8, 4) is 0 Å². The zero-order valence-corrected chi connectivity index (χ0v) is 62.1. The first-order valence-electron chi connectivity index (χ1n) is 34.3. The van der Waals surface area contributed by atoms with Gasteiger partial charge in [0.25, 0.3) is 0 Å². The Morgan fingerprint density at radius 3 is 0.958 bits per heavy atom. The van der Waals surface area contributed by atoms with Crippen molar-refractivity contribution in [2.24, 2.45) is 21.7 Å². The molecule has 4 N–H and O–H groups in total. The molecule has 0 bridgehead atoms. The van der Waals surface area contributed by atoms with Crippen LogP contribution in [0, 0.1) is 21.7 Å². The number of ether oxygens (including phenoxy) is 4. The largest absolute Gasteiger partial charge is 0.462 e. The lowest BCUT2D eigenvalue weighted by Gasteiger charge is -2.44. The molecule has 0 unspecified atom stereocenters. The van der Waals surface area contributed by atoms with E-state index in [1.165, 1.54) is 13.8 Å². The van der Waals surface area contributed by atoms with Crippen molar-refractivity contribution in [1.29, 1.82) is 0 Å². The second-order valence-corrected chi connectivity index (χ2v) is 31.7. The number of epoxide rings is 2. The van der Waals surface area contributed by atoms with Crippen LogP contribution in [-0.4, -0.2) is 102 Å². The number of Topliss-reactive ketones (excluding diaryl/α,β-unsaturated/α-hetero) is 2. The molecule has 2 aliphatic heterocycles. The van der Waals surface area contributed by atoms with Crippen molar-refractivity contribution in [2.45, 2.75) is 275 Å². The lowest BCUT2D eigenvalue weighted by atomic mass is 9.61. The summed E-state index contributed by atoms with van der Waals surface area (Å²) in [7, 11) is 0. The molecule has 0 amide bonds. The Morgan fingerprint density at radius 1 is 0.406 bits per heavy atom. The summed E-state index contributed by atoms with van der Waals surface area (Å²) in [6.45, 7) is 42.7. The van der Waals surface area contributed by atoms with Crippen LogP contribution < -0.4 is 0 Å². The normalized spacial score (nSPS) is 32.4. The van der Waals surface area contributed by atoms with Gasteiger partial charge in [-0.25, -0.2) is 0 Å². The lowest BCUT2D eigenvalue weighted by Crippen LogP contribution is -2.48. The third-order valence-electron chi connectivity index (χ3n) is 20.3. The van der Waals surface area contributed by atoms with Crippen LogP contribution in [0.2, 0.25) is 0 Å². The predicted molar refractivity (Wildman–Crippen MR) is 388 cm³/mol. The van der Waals surface area contributed by atoms with Gasteiger partial charge in [0, 0.05) is 63.5 Å². The summed E-state index contributed by atoms with van der Waals surface area (Å²) in [6, 6.07) is 0. The lowest BCUT2D eigenvalue weighted by molar-refractivity contribution is -0.154. The second-order valence-electron chi connectivity index (χ2n) is 31.7. The van der Waals surface area contributed by atoms with Gasteiger partial charge in [0.1, 0.15) is 23.4 Å². The molecule has 6 rings (SSSR count). The third kappa shape index (κ3) is 21.2. The summed E-state index contributed by atoms with van der Waals surface area (Å²) in [6.07, 6.45) is 47.2. The maximum atomic E-state index is 13.1. The molecule has 6 fully saturated rings. The molecule has 4 aliphatic carbocycles. The van der Waals surface area contributed by atoms with Crippen molar-refractivity contribution in [1.82, 2.24) is 0 Å². The number of carbonyl (C=O) groups excluding carboxylic acids is 4. The number of ketones is 2.